The minimum absolute atomic E-state index is 0.345. The van der Waals surface area contributed by atoms with Crippen molar-refractivity contribution in [2.45, 2.75) is 31.8 Å². The number of para-hydroxylation sites is 4. The van der Waals surface area contributed by atoms with Crippen LogP contribution in [0.5, 0.6) is 11.5 Å². The lowest BCUT2D eigenvalue weighted by molar-refractivity contribution is -0.150. The first-order valence-corrected chi connectivity index (χ1v) is 12.7. The predicted molar refractivity (Wildman–Crippen MR) is 142 cm³/mol. The molecule has 4 rings (SSSR count). The first-order valence-electron chi connectivity index (χ1n) is 11.8. The number of benzene rings is 2. The van der Waals surface area contributed by atoms with Crippen molar-refractivity contribution < 1.29 is 29.0 Å². The number of aliphatic hydroxyl groups is 1. The molecule has 0 bridgehead atoms. The van der Waals surface area contributed by atoms with E-state index in [1.54, 1.807) is 48.5 Å². The van der Waals surface area contributed by atoms with E-state index in [1.165, 1.54) is 32.5 Å². The number of nitrogens with one attached hydrogen (secondary N) is 2. The summed E-state index contributed by atoms with van der Waals surface area (Å²) in [5.74, 6) is -3.78. The standard InChI is InChI=1S/C28H30N2O6S/c1-16-13-14-37-25(16)23-22(26(32)29-17-9-5-7-11-20(17)35-3)19(31)15-28(2,34)24(23)27(33)30-18-10-6-8-12-21(18)36-4/h5-14,22-24,34H,15H2,1-4H3,(H,29,32)(H,30,33). The largest absolute Gasteiger partial charge is 0.495 e. The molecule has 2 aromatic carbocycles. The molecule has 1 aliphatic rings. The zero-order chi connectivity index (χ0) is 26.7. The van der Waals surface area contributed by atoms with Crippen LogP contribution in [-0.4, -0.2) is 42.5 Å². The van der Waals surface area contributed by atoms with Crippen LogP contribution in [0.25, 0.3) is 0 Å². The molecule has 3 N–H and O–H groups in total. The van der Waals surface area contributed by atoms with Gasteiger partial charge in [-0.3, -0.25) is 14.4 Å². The molecule has 1 aliphatic carbocycles. The van der Waals surface area contributed by atoms with Crippen LogP contribution in [-0.2, 0) is 14.4 Å². The third-order valence-electron chi connectivity index (χ3n) is 6.77. The fraction of sp³-hybridized carbons (Fsp3) is 0.321. The molecular weight excluding hydrogens is 492 g/mol. The number of thiophene rings is 1. The summed E-state index contributed by atoms with van der Waals surface area (Å²) in [7, 11) is 2.99. The minimum atomic E-state index is -1.69. The fourth-order valence-electron chi connectivity index (χ4n) is 5.05. The Labute approximate surface area is 219 Å². The zero-order valence-corrected chi connectivity index (χ0v) is 21.9. The van der Waals surface area contributed by atoms with E-state index in [9.17, 15) is 19.5 Å². The molecule has 37 heavy (non-hydrogen) atoms. The Kier molecular flexibility index (Phi) is 7.65. The molecule has 3 aromatic rings. The van der Waals surface area contributed by atoms with Crippen molar-refractivity contribution in [1.29, 1.82) is 0 Å². The van der Waals surface area contributed by atoms with Crippen molar-refractivity contribution in [2.75, 3.05) is 24.9 Å². The Hall–Kier alpha value is -3.69. The second-order valence-corrected chi connectivity index (χ2v) is 10.3. The van der Waals surface area contributed by atoms with Crippen molar-refractivity contribution in [3.63, 3.8) is 0 Å². The van der Waals surface area contributed by atoms with Gasteiger partial charge in [-0.05, 0) is 55.1 Å². The summed E-state index contributed by atoms with van der Waals surface area (Å²) in [6.07, 6.45) is -0.345. The number of aryl methyl sites for hydroxylation is 1. The van der Waals surface area contributed by atoms with Gasteiger partial charge in [0.05, 0.1) is 37.1 Å². The van der Waals surface area contributed by atoms with Gasteiger partial charge >= 0.3 is 0 Å². The molecule has 1 aromatic heterocycles. The van der Waals surface area contributed by atoms with Crippen LogP contribution in [0.2, 0.25) is 0 Å². The maximum absolute atomic E-state index is 13.8. The van der Waals surface area contributed by atoms with Crippen LogP contribution in [0.4, 0.5) is 11.4 Å². The average molecular weight is 523 g/mol. The highest BCUT2D eigenvalue weighted by molar-refractivity contribution is 7.10. The summed E-state index contributed by atoms with van der Waals surface area (Å²) in [5.41, 5.74) is -0.00671. The molecule has 2 amide bonds. The van der Waals surface area contributed by atoms with Gasteiger partial charge in [0.1, 0.15) is 23.2 Å². The molecule has 4 unspecified atom stereocenters. The van der Waals surface area contributed by atoms with Crippen molar-refractivity contribution in [3.8, 4) is 11.5 Å². The second kappa shape index (κ2) is 10.7. The number of rotatable bonds is 7. The van der Waals surface area contributed by atoms with Gasteiger partial charge in [0.15, 0.2) is 0 Å². The Morgan fingerprint density at radius 1 is 0.946 bits per heavy atom. The number of carbonyl (C=O) groups excluding carboxylic acids is 3. The summed E-state index contributed by atoms with van der Waals surface area (Å²) in [4.78, 5) is 41.6. The summed E-state index contributed by atoms with van der Waals surface area (Å²) >= 11 is 1.36. The first-order chi connectivity index (χ1) is 17.7. The van der Waals surface area contributed by atoms with E-state index in [-0.39, 0.29) is 6.42 Å². The van der Waals surface area contributed by atoms with Gasteiger partial charge in [-0.25, -0.2) is 0 Å². The van der Waals surface area contributed by atoms with Gasteiger partial charge in [0.25, 0.3) is 0 Å². The topological polar surface area (TPSA) is 114 Å². The van der Waals surface area contributed by atoms with E-state index in [2.05, 4.69) is 10.6 Å². The molecule has 8 nitrogen and oxygen atoms in total. The molecule has 194 valence electrons. The van der Waals surface area contributed by atoms with E-state index >= 15 is 0 Å². The van der Waals surface area contributed by atoms with Gasteiger partial charge < -0.3 is 25.2 Å². The maximum atomic E-state index is 13.8. The Bertz CT molecular complexity index is 1320. The number of anilines is 2. The van der Waals surface area contributed by atoms with Crippen LogP contribution in [0, 0.1) is 18.8 Å². The summed E-state index contributed by atoms with van der Waals surface area (Å²) in [6.45, 7) is 3.34. The van der Waals surface area contributed by atoms with Crippen molar-refractivity contribution in [1.82, 2.24) is 0 Å². The molecule has 1 heterocycles. The normalized spacial score (nSPS) is 23.3. The van der Waals surface area contributed by atoms with E-state index in [0.717, 1.165) is 5.56 Å². The highest BCUT2D eigenvalue weighted by Crippen LogP contribution is 2.49. The second-order valence-electron chi connectivity index (χ2n) is 9.33. The van der Waals surface area contributed by atoms with Gasteiger partial charge in [0, 0.05) is 17.2 Å². The molecule has 0 spiro atoms. The van der Waals surface area contributed by atoms with E-state index in [1.807, 2.05) is 18.4 Å². The Balaban J connectivity index is 1.77. The third kappa shape index (κ3) is 5.23. The van der Waals surface area contributed by atoms with Crippen LogP contribution in [0.15, 0.2) is 60.0 Å². The highest BCUT2D eigenvalue weighted by Gasteiger charge is 2.56. The quantitative estimate of drug-likeness (QED) is 0.397. The lowest BCUT2D eigenvalue weighted by Gasteiger charge is -2.44. The smallest absolute Gasteiger partial charge is 0.235 e. The maximum Gasteiger partial charge on any atom is 0.235 e. The molecule has 1 fully saturated rings. The predicted octanol–water partition coefficient (Wildman–Crippen LogP) is 4.39. The number of hydrogen-bond donors (Lipinski definition) is 3. The third-order valence-corrected chi connectivity index (χ3v) is 7.89. The number of hydrogen-bond acceptors (Lipinski definition) is 7. The minimum Gasteiger partial charge on any atom is -0.495 e. The van der Waals surface area contributed by atoms with E-state index < -0.39 is 41.0 Å². The van der Waals surface area contributed by atoms with Crippen molar-refractivity contribution in [3.05, 3.63) is 70.4 Å². The van der Waals surface area contributed by atoms with Crippen LogP contribution in [0.1, 0.15) is 29.7 Å². The number of ether oxygens (including phenoxy) is 2. The molecule has 0 aliphatic heterocycles. The lowest BCUT2D eigenvalue weighted by atomic mass is 9.62. The Morgan fingerprint density at radius 2 is 1.49 bits per heavy atom. The molecule has 0 radical (unpaired) electrons. The first kappa shape index (κ1) is 26.4. The van der Waals surface area contributed by atoms with Crippen LogP contribution in [0.3, 0.4) is 0 Å². The van der Waals surface area contributed by atoms with E-state index in [0.29, 0.717) is 27.8 Å². The molecule has 1 saturated carbocycles. The van der Waals surface area contributed by atoms with Crippen LogP contribution >= 0.6 is 11.3 Å². The fourth-order valence-corrected chi connectivity index (χ4v) is 6.15. The Morgan fingerprint density at radius 3 is 2.00 bits per heavy atom. The highest BCUT2D eigenvalue weighted by atomic mass is 32.1. The molecule has 4 atom stereocenters. The van der Waals surface area contributed by atoms with Crippen molar-refractivity contribution >= 4 is 40.3 Å². The van der Waals surface area contributed by atoms with Gasteiger partial charge in [-0.2, -0.15) is 0 Å². The number of Topliss-reactive ketones (excluding diaryl/α,β-unsaturated/α-hetero) is 1. The number of carbonyl (C=O) groups is 3. The summed E-state index contributed by atoms with van der Waals surface area (Å²) in [5, 5.41) is 19.0. The van der Waals surface area contributed by atoms with Crippen LogP contribution < -0.4 is 20.1 Å². The molecular formula is C28H30N2O6S. The molecule has 0 saturated heterocycles. The average Bonchev–Trinajstić information content (AvgIpc) is 3.28. The number of amides is 2. The SMILES string of the molecule is COc1ccccc1NC(=O)C1C(=O)CC(C)(O)C(C(=O)Nc2ccccc2OC)C1c1sccc1C. The summed E-state index contributed by atoms with van der Waals surface area (Å²) in [6, 6.07) is 15.7. The van der Waals surface area contributed by atoms with Gasteiger partial charge in [-0.1, -0.05) is 24.3 Å². The molecule has 9 heteroatoms. The van der Waals surface area contributed by atoms with Gasteiger partial charge in [0.2, 0.25) is 11.8 Å². The van der Waals surface area contributed by atoms with Gasteiger partial charge in [-0.15, -0.1) is 11.3 Å². The zero-order valence-electron chi connectivity index (χ0n) is 21.1. The van der Waals surface area contributed by atoms with E-state index in [4.69, 9.17) is 9.47 Å². The van der Waals surface area contributed by atoms with Crippen molar-refractivity contribution in [2.24, 2.45) is 11.8 Å². The monoisotopic (exact) mass is 522 g/mol. The number of methoxy groups -OCH3 is 2. The summed E-state index contributed by atoms with van der Waals surface area (Å²) < 4.78 is 10.7. The number of ketones is 1. The lowest BCUT2D eigenvalue weighted by Crippen LogP contribution is -2.56.